The summed E-state index contributed by atoms with van der Waals surface area (Å²) in [6.07, 6.45) is 4.61. The predicted octanol–water partition coefficient (Wildman–Crippen LogP) is 4.50. The lowest BCUT2D eigenvalue weighted by atomic mass is 9.71. The molecule has 0 saturated heterocycles. The lowest BCUT2D eigenvalue weighted by molar-refractivity contribution is -0.149. The van der Waals surface area contributed by atoms with Crippen molar-refractivity contribution in [2.75, 3.05) is 13.7 Å². The van der Waals surface area contributed by atoms with Crippen molar-refractivity contribution in [2.45, 2.75) is 40.0 Å². The molecule has 1 aliphatic rings. The zero-order chi connectivity index (χ0) is 23.7. The van der Waals surface area contributed by atoms with Crippen molar-refractivity contribution >= 4 is 29.5 Å². The molecule has 174 valence electrons. The van der Waals surface area contributed by atoms with Crippen molar-refractivity contribution < 1.29 is 23.8 Å². The number of thiophene rings is 1. The number of aromatic hydroxyl groups is 1. The Morgan fingerprint density at radius 1 is 1.24 bits per heavy atom. The molecule has 3 aromatic rings. The van der Waals surface area contributed by atoms with Crippen molar-refractivity contribution in [2.24, 2.45) is 11.8 Å². The fourth-order valence-corrected chi connectivity index (χ4v) is 5.47. The minimum Gasteiger partial charge on any atom is -0.504 e. The fraction of sp³-hybridized carbons (Fsp3) is 0.370. The normalized spacial score (nSPS) is 20.3. The van der Waals surface area contributed by atoms with E-state index in [-0.39, 0.29) is 17.6 Å². The molecule has 2 aromatic heterocycles. The molecular formula is C27H30O5S. The Kier molecular flexibility index (Phi) is 6.66. The van der Waals surface area contributed by atoms with E-state index in [1.54, 1.807) is 25.4 Å². The molecule has 2 heterocycles. The highest BCUT2D eigenvalue weighted by molar-refractivity contribution is 7.12. The van der Waals surface area contributed by atoms with Crippen LogP contribution < -0.4 is 15.6 Å². The van der Waals surface area contributed by atoms with Gasteiger partial charge >= 0.3 is 5.97 Å². The molecule has 5 nitrogen and oxygen atoms in total. The van der Waals surface area contributed by atoms with E-state index in [2.05, 4.69) is 13.0 Å². The Labute approximate surface area is 198 Å². The number of esters is 1. The van der Waals surface area contributed by atoms with Crippen LogP contribution in [0.2, 0.25) is 0 Å². The van der Waals surface area contributed by atoms with Crippen LogP contribution in [0.25, 0.3) is 12.2 Å². The molecule has 6 heteroatoms. The number of benzene rings is 1. The molecule has 1 aliphatic carbocycles. The average Bonchev–Trinajstić information content (AvgIpc) is 3.34. The number of aryl methyl sites for hydroxylation is 2. The Bertz CT molecular complexity index is 1280. The molecule has 0 bridgehead atoms. The Hall–Kier alpha value is -2.99. The van der Waals surface area contributed by atoms with Gasteiger partial charge in [-0.1, -0.05) is 26.0 Å². The van der Waals surface area contributed by atoms with Gasteiger partial charge in [0, 0.05) is 32.9 Å². The molecule has 0 radical (unpaired) electrons. The fourth-order valence-electron chi connectivity index (χ4n) is 4.66. The van der Waals surface area contributed by atoms with Gasteiger partial charge in [0.15, 0.2) is 11.2 Å². The van der Waals surface area contributed by atoms with Crippen LogP contribution in [0.1, 0.15) is 53.1 Å². The highest BCUT2D eigenvalue weighted by Crippen LogP contribution is 2.45. The summed E-state index contributed by atoms with van der Waals surface area (Å²) < 4.78 is 17.3. The van der Waals surface area contributed by atoms with Crippen LogP contribution in [0.4, 0.5) is 0 Å². The maximum atomic E-state index is 13.2. The van der Waals surface area contributed by atoms with E-state index in [0.717, 1.165) is 22.4 Å². The number of methoxy groups -OCH3 is 1. The van der Waals surface area contributed by atoms with E-state index in [1.807, 2.05) is 50.3 Å². The third-order valence-electron chi connectivity index (χ3n) is 6.26. The molecule has 0 saturated carbocycles. The van der Waals surface area contributed by atoms with E-state index in [0.29, 0.717) is 28.8 Å². The van der Waals surface area contributed by atoms with Crippen LogP contribution in [-0.4, -0.2) is 24.8 Å². The van der Waals surface area contributed by atoms with Crippen molar-refractivity contribution in [3.05, 3.63) is 67.6 Å². The van der Waals surface area contributed by atoms with Gasteiger partial charge < -0.3 is 19.0 Å². The smallest absolute Gasteiger partial charge is 0.310 e. The summed E-state index contributed by atoms with van der Waals surface area (Å²) in [6.45, 7) is 8.21. The number of ether oxygens (including phenoxy) is 2. The number of hydrogen-bond acceptors (Lipinski definition) is 6. The van der Waals surface area contributed by atoms with Crippen LogP contribution in [0.5, 0.6) is 11.5 Å². The zero-order valence-corrected chi connectivity index (χ0v) is 20.5. The Morgan fingerprint density at radius 3 is 2.67 bits per heavy atom. The van der Waals surface area contributed by atoms with Crippen LogP contribution in [0, 0.1) is 18.8 Å². The molecular weight excluding hydrogens is 436 g/mol. The summed E-state index contributed by atoms with van der Waals surface area (Å²) >= 11 is 1.63. The minimum absolute atomic E-state index is 0.0578. The first-order valence-electron chi connectivity index (χ1n) is 11.3. The number of rotatable bonds is 6. The largest absolute Gasteiger partial charge is 0.504 e. The predicted molar refractivity (Wildman–Crippen MR) is 130 cm³/mol. The SMILES string of the molecule is CCOC(=O)C1C(C)C=c2oc(=Cc3ccc(C)s3)c(O)c2C1c1cc(CC)ccc1OC. The first-order chi connectivity index (χ1) is 15.9. The Balaban J connectivity index is 1.98. The highest BCUT2D eigenvalue weighted by atomic mass is 32.1. The molecule has 0 spiro atoms. The summed E-state index contributed by atoms with van der Waals surface area (Å²) in [5, 5.41) is 11.3. The van der Waals surface area contributed by atoms with Crippen LogP contribution in [0.15, 0.2) is 34.7 Å². The summed E-state index contributed by atoms with van der Waals surface area (Å²) in [5.74, 6) is -0.691. The lowest BCUT2D eigenvalue weighted by Gasteiger charge is -2.32. The van der Waals surface area contributed by atoms with E-state index in [9.17, 15) is 9.90 Å². The van der Waals surface area contributed by atoms with Gasteiger partial charge in [-0.15, -0.1) is 11.3 Å². The molecule has 33 heavy (non-hydrogen) atoms. The molecule has 4 rings (SSSR count). The van der Waals surface area contributed by atoms with Gasteiger partial charge in [-0.3, -0.25) is 4.79 Å². The average molecular weight is 467 g/mol. The quantitative estimate of drug-likeness (QED) is 0.542. The summed E-state index contributed by atoms with van der Waals surface area (Å²) in [7, 11) is 1.62. The molecule has 1 N–H and O–H groups in total. The van der Waals surface area contributed by atoms with Gasteiger partial charge in [0.1, 0.15) is 11.2 Å². The van der Waals surface area contributed by atoms with Gasteiger partial charge in [-0.2, -0.15) is 0 Å². The number of carbonyl (C=O) groups excluding carboxylic acids is 1. The summed E-state index contributed by atoms with van der Waals surface area (Å²) in [6, 6.07) is 10.0. The van der Waals surface area contributed by atoms with Crippen molar-refractivity contribution in [3.63, 3.8) is 0 Å². The molecule has 3 atom stereocenters. The topological polar surface area (TPSA) is 68.9 Å². The van der Waals surface area contributed by atoms with E-state index in [1.165, 1.54) is 4.88 Å². The van der Waals surface area contributed by atoms with E-state index < -0.39 is 11.8 Å². The zero-order valence-electron chi connectivity index (χ0n) is 19.7. The minimum atomic E-state index is -0.515. The second-order valence-electron chi connectivity index (χ2n) is 8.40. The third kappa shape index (κ3) is 4.32. The maximum absolute atomic E-state index is 13.2. The maximum Gasteiger partial charge on any atom is 0.310 e. The second-order valence-corrected chi connectivity index (χ2v) is 9.72. The molecule has 3 unspecified atom stereocenters. The highest BCUT2D eigenvalue weighted by Gasteiger charge is 2.43. The van der Waals surface area contributed by atoms with Gasteiger partial charge in [0.25, 0.3) is 0 Å². The van der Waals surface area contributed by atoms with Crippen LogP contribution in [-0.2, 0) is 16.0 Å². The third-order valence-corrected chi connectivity index (χ3v) is 7.20. The molecule has 0 amide bonds. The van der Waals surface area contributed by atoms with Gasteiger partial charge in [-0.05, 0) is 56.0 Å². The summed E-state index contributed by atoms with van der Waals surface area (Å²) in [5.41, 5.74) is 3.57. The number of carbonyl (C=O) groups is 1. The number of fused-ring (bicyclic) bond motifs is 1. The molecule has 0 aliphatic heterocycles. The van der Waals surface area contributed by atoms with Crippen LogP contribution >= 0.6 is 11.3 Å². The monoisotopic (exact) mass is 466 g/mol. The van der Waals surface area contributed by atoms with Crippen molar-refractivity contribution in [1.29, 1.82) is 0 Å². The van der Waals surface area contributed by atoms with Crippen LogP contribution in [0.3, 0.4) is 0 Å². The first-order valence-corrected chi connectivity index (χ1v) is 12.1. The second kappa shape index (κ2) is 9.48. The van der Waals surface area contributed by atoms with E-state index in [4.69, 9.17) is 13.9 Å². The Morgan fingerprint density at radius 2 is 2.03 bits per heavy atom. The molecule has 1 aromatic carbocycles. The van der Waals surface area contributed by atoms with E-state index >= 15 is 0 Å². The van der Waals surface area contributed by atoms with Gasteiger partial charge in [0.2, 0.25) is 0 Å². The first kappa shape index (κ1) is 23.2. The van der Waals surface area contributed by atoms with Crippen molar-refractivity contribution in [3.8, 4) is 11.5 Å². The summed E-state index contributed by atoms with van der Waals surface area (Å²) in [4.78, 5) is 15.3. The number of hydrogen-bond donors (Lipinski definition) is 1. The van der Waals surface area contributed by atoms with Crippen molar-refractivity contribution in [1.82, 2.24) is 0 Å². The van der Waals surface area contributed by atoms with Gasteiger partial charge in [0.05, 0.1) is 19.6 Å². The lowest BCUT2D eigenvalue weighted by Crippen LogP contribution is -2.36. The standard InChI is InChI=1S/C27H30O5S/c1-6-17-9-11-20(30-5)19(13-17)24-23(27(29)31-7-2)15(3)12-21-25(24)26(28)22(32-21)14-18-10-8-16(4)33-18/h8-15,23-24,28H,6-7H2,1-5H3. The van der Waals surface area contributed by atoms with Gasteiger partial charge in [-0.25, -0.2) is 0 Å². The number of furan rings is 1. The molecule has 0 fully saturated rings.